The van der Waals surface area contributed by atoms with Crippen molar-refractivity contribution >= 4 is 23.7 Å². The predicted molar refractivity (Wildman–Crippen MR) is 130 cm³/mol. The van der Waals surface area contributed by atoms with Crippen molar-refractivity contribution in [2.24, 2.45) is 10.7 Å². The maximum absolute atomic E-state index is 12.8. The fourth-order valence-electron chi connectivity index (χ4n) is 3.20. The van der Waals surface area contributed by atoms with Gasteiger partial charge in [0.15, 0.2) is 0 Å². The molecule has 35 heavy (non-hydrogen) atoms. The minimum atomic E-state index is -0.968. The predicted octanol–water partition coefficient (Wildman–Crippen LogP) is 2.19. The van der Waals surface area contributed by atoms with Gasteiger partial charge in [0.05, 0.1) is 0 Å². The smallest absolute Gasteiger partial charge is 0.435 e. The molecule has 3 rings (SSSR count). The van der Waals surface area contributed by atoms with E-state index in [4.69, 9.17) is 15.6 Å². The Labute approximate surface area is 202 Å². The number of amidine groups is 1. The standard InChI is InChI=1S/C26H26N4O5/c27-24(30-26(34)35-17-18-8-3-1-4-9-18)21-13-7-10-19(14-21)15-28-25(33)23(29-22(32)16-31)20-11-5-2-6-12-20/h1-14,23,31H,15-17H2,(H,28,33)(H,29,32)(H2,27,30,34)/t23-/m1/s1. The summed E-state index contributed by atoms with van der Waals surface area (Å²) in [4.78, 5) is 40.3. The molecule has 0 saturated carbocycles. The van der Waals surface area contributed by atoms with Crippen LogP contribution in [0.15, 0.2) is 89.9 Å². The van der Waals surface area contributed by atoms with E-state index in [1.165, 1.54) is 0 Å². The molecule has 3 aromatic rings. The molecule has 9 heteroatoms. The van der Waals surface area contributed by atoms with Crippen molar-refractivity contribution in [2.45, 2.75) is 19.2 Å². The number of rotatable bonds is 9. The highest BCUT2D eigenvalue weighted by Gasteiger charge is 2.22. The molecule has 0 aliphatic carbocycles. The number of carbonyl (C=O) groups excluding carboxylic acids is 3. The summed E-state index contributed by atoms with van der Waals surface area (Å²) in [5.41, 5.74) is 8.57. The lowest BCUT2D eigenvalue weighted by atomic mass is 10.1. The number of aliphatic imine (C=N–C) groups is 1. The van der Waals surface area contributed by atoms with E-state index in [1.54, 1.807) is 54.6 Å². The minimum absolute atomic E-state index is 0.0198. The van der Waals surface area contributed by atoms with Gasteiger partial charge in [-0.05, 0) is 22.8 Å². The lowest BCUT2D eigenvalue weighted by molar-refractivity contribution is -0.130. The zero-order valence-electron chi connectivity index (χ0n) is 18.9. The van der Waals surface area contributed by atoms with E-state index in [9.17, 15) is 14.4 Å². The molecule has 0 heterocycles. The maximum Gasteiger partial charge on any atom is 0.435 e. The summed E-state index contributed by atoms with van der Waals surface area (Å²) in [7, 11) is 0. The van der Waals surface area contributed by atoms with Gasteiger partial charge in [0, 0.05) is 12.1 Å². The van der Waals surface area contributed by atoms with E-state index in [0.29, 0.717) is 16.7 Å². The number of aliphatic hydroxyl groups is 1. The Hall–Kier alpha value is -4.50. The molecule has 0 aliphatic heterocycles. The van der Waals surface area contributed by atoms with Crippen LogP contribution in [0, 0.1) is 0 Å². The van der Waals surface area contributed by atoms with Crippen LogP contribution in [0.4, 0.5) is 4.79 Å². The van der Waals surface area contributed by atoms with E-state index in [1.807, 2.05) is 30.3 Å². The van der Waals surface area contributed by atoms with Crippen molar-refractivity contribution in [3.8, 4) is 0 Å². The summed E-state index contributed by atoms with van der Waals surface area (Å²) in [6, 6.07) is 23.8. The molecule has 0 unspecified atom stereocenters. The van der Waals surface area contributed by atoms with Gasteiger partial charge in [0.25, 0.3) is 0 Å². The number of amides is 3. The Morgan fingerprint density at radius 3 is 2.26 bits per heavy atom. The molecule has 9 nitrogen and oxygen atoms in total. The van der Waals surface area contributed by atoms with Crippen molar-refractivity contribution in [1.82, 2.24) is 10.6 Å². The van der Waals surface area contributed by atoms with E-state index in [0.717, 1.165) is 5.56 Å². The highest BCUT2D eigenvalue weighted by atomic mass is 16.5. The molecule has 5 N–H and O–H groups in total. The first kappa shape index (κ1) is 25.1. The zero-order chi connectivity index (χ0) is 25.0. The molecule has 0 fully saturated rings. The number of nitrogens with one attached hydrogen (secondary N) is 2. The van der Waals surface area contributed by atoms with E-state index in [-0.39, 0.29) is 19.0 Å². The van der Waals surface area contributed by atoms with Gasteiger partial charge in [-0.15, -0.1) is 0 Å². The Morgan fingerprint density at radius 2 is 1.57 bits per heavy atom. The quantitative estimate of drug-likeness (QED) is 0.277. The van der Waals surface area contributed by atoms with Crippen LogP contribution in [0.2, 0.25) is 0 Å². The normalized spacial score (nSPS) is 11.9. The van der Waals surface area contributed by atoms with Crippen molar-refractivity contribution in [1.29, 1.82) is 0 Å². The number of ether oxygens (including phenoxy) is 1. The number of benzene rings is 3. The van der Waals surface area contributed by atoms with Gasteiger partial charge >= 0.3 is 6.09 Å². The summed E-state index contributed by atoms with van der Waals surface area (Å²) in [6.45, 7) is -0.514. The Morgan fingerprint density at radius 1 is 0.914 bits per heavy atom. The number of aliphatic hydroxyl groups excluding tert-OH is 1. The van der Waals surface area contributed by atoms with Gasteiger partial charge in [-0.3, -0.25) is 9.59 Å². The van der Waals surface area contributed by atoms with Crippen molar-refractivity contribution < 1.29 is 24.2 Å². The molecule has 0 aromatic heterocycles. The minimum Gasteiger partial charge on any atom is -0.443 e. The fourth-order valence-corrected chi connectivity index (χ4v) is 3.20. The van der Waals surface area contributed by atoms with Crippen LogP contribution in [0.1, 0.15) is 28.3 Å². The third-order valence-corrected chi connectivity index (χ3v) is 4.95. The molecule has 0 saturated heterocycles. The summed E-state index contributed by atoms with van der Waals surface area (Å²) in [5, 5.41) is 14.3. The average Bonchev–Trinajstić information content (AvgIpc) is 2.90. The summed E-state index contributed by atoms with van der Waals surface area (Å²) >= 11 is 0. The van der Waals surface area contributed by atoms with Gasteiger partial charge in [-0.2, -0.15) is 4.99 Å². The fraction of sp³-hybridized carbons (Fsp3) is 0.154. The third kappa shape index (κ3) is 7.79. The van der Waals surface area contributed by atoms with Gasteiger partial charge in [-0.25, -0.2) is 4.79 Å². The summed E-state index contributed by atoms with van der Waals surface area (Å²) in [6.07, 6.45) is -0.810. The maximum atomic E-state index is 12.8. The van der Waals surface area contributed by atoms with Crippen molar-refractivity contribution in [3.63, 3.8) is 0 Å². The van der Waals surface area contributed by atoms with Crippen LogP contribution in [-0.2, 0) is 27.5 Å². The van der Waals surface area contributed by atoms with Gasteiger partial charge in [-0.1, -0.05) is 78.9 Å². The highest BCUT2D eigenvalue weighted by Crippen LogP contribution is 2.14. The molecule has 0 radical (unpaired) electrons. The number of nitrogens with two attached hydrogens (primary N) is 1. The lowest BCUT2D eigenvalue weighted by Crippen LogP contribution is -2.41. The molecule has 0 spiro atoms. The van der Waals surface area contributed by atoms with Gasteiger partial charge in [0.1, 0.15) is 25.1 Å². The first-order valence-electron chi connectivity index (χ1n) is 10.8. The lowest BCUT2D eigenvalue weighted by Gasteiger charge is -2.18. The van der Waals surface area contributed by atoms with Crippen LogP contribution >= 0.6 is 0 Å². The Kier molecular flexibility index (Phi) is 9.09. The molecule has 0 bridgehead atoms. The molecule has 3 amide bonds. The number of carbonyl (C=O) groups is 3. The van der Waals surface area contributed by atoms with Crippen molar-refractivity contribution in [3.05, 3.63) is 107 Å². The Balaban J connectivity index is 1.62. The molecule has 0 aliphatic rings. The summed E-state index contributed by atoms with van der Waals surface area (Å²) < 4.78 is 5.12. The monoisotopic (exact) mass is 474 g/mol. The molecule has 3 aromatic carbocycles. The van der Waals surface area contributed by atoms with Crippen molar-refractivity contribution in [2.75, 3.05) is 6.61 Å². The number of nitrogens with zero attached hydrogens (tertiary/aromatic N) is 1. The van der Waals surface area contributed by atoms with Crippen LogP contribution < -0.4 is 16.4 Å². The third-order valence-electron chi connectivity index (χ3n) is 4.95. The van der Waals surface area contributed by atoms with E-state index >= 15 is 0 Å². The number of hydrogen-bond donors (Lipinski definition) is 4. The molecular weight excluding hydrogens is 448 g/mol. The zero-order valence-corrected chi connectivity index (χ0v) is 18.9. The van der Waals surface area contributed by atoms with Gasteiger partial charge in [0.2, 0.25) is 11.8 Å². The van der Waals surface area contributed by atoms with Gasteiger partial charge < -0.3 is 26.2 Å². The van der Waals surface area contributed by atoms with E-state index < -0.39 is 30.6 Å². The summed E-state index contributed by atoms with van der Waals surface area (Å²) in [5.74, 6) is -1.14. The second-order valence-corrected chi connectivity index (χ2v) is 7.52. The number of hydrogen-bond acceptors (Lipinski definition) is 5. The highest BCUT2D eigenvalue weighted by molar-refractivity contribution is 6.02. The SMILES string of the molecule is NC(=NC(=O)OCc1ccccc1)c1cccc(CNC(=O)[C@H](NC(=O)CO)c2ccccc2)c1. The average molecular weight is 475 g/mol. The van der Waals surface area contributed by atoms with E-state index in [2.05, 4.69) is 15.6 Å². The van der Waals surface area contributed by atoms with Crippen LogP contribution in [0.25, 0.3) is 0 Å². The Bertz CT molecular complexity index is 1180. The second kappa shape index (κ2) is 12.7. The van der Waals surface area contributed by atoms with Crippen LogP contribution in [0.5, 0.6) is 0 Å². The first-order chi connectivity index (χ1) is 17.0. The largest absolute Gasteiger partial charge is 0.443 e. The molecule has 180 valence electrons. The first-order valence-corrected chi connectivity index (χ1v) is 10.8. The van der Waals surface area contributed by atoms with Crippen LogP contribution in [-0.4, -0.2) is 35.5 Å². The second-order valence-electron chi connectivity index (χ2n) is 7.52. The molecule has 1 atom stereocenters. The molecular formula is C26H26N4O5. The topological polar surface area (TPSA) is 143 Å². The van der Waals surface area contributed by atoms with Crippen LogP contribution in [0.3, 0.4) is 0 Å².